The van der Waals surface area contributed by atoms with Crippen LogP contribution in [-0.2, 0) is 9.47 Å². The fourth-order valence-electron chi connectivity index (χ4n) is 1.51. The lowest BCUT2D eigenvalue weighted by Gasteiger charge is -2.07. The van der Waals surface area contributed by atoms with Gasteiger partial charge in [0.2, 0.25) is 0 Å². The second-order valence-corrected chi connectivity index (χ2v) is 3.90. The lowest BCUT2D eigenvalue weighted by molar-refractivity contribution is -0.385. The number of nitro benzene ring substituents is 1. The largest absolute Gasteiger partial charge is 0.491 e. The molecule has 0 spiro atoms. The molecule has 7 nitrogen and oxygen atoms in total. The van der Waals surface area contributed by atoms with E-state index in [2.05, 4.69) is 0 Å². The van der Waals surface area contributed by atoms with E-state index in [1.807, 2.05) is 0 Å². The molecule has 0 heterocycles. The van der Waals surface area contributed by atoms with Crippen LogP contribution in [0, 0.1) is 10.1 Å². The molecular weight excluding hydrogens is 266 g/mol. The van der Waals surface area contributed by atoms with Gasteiger partial charge in [-0.3, -0.25) is 14.9 Å². The third-order valence-corrected chi connectivity index (χ3v) is 2.46. The molecule has 0 N–H and O–H groups in total. The Kier molecular flexibility index (Phi) is 7.23. The Morgan fingerprint density at radius 2 is 2.05 bits per heavy atom. The lowest BCUT2D eigenvalue weighted by atomic mass is 10.2. The zero-order valence-corrected chi connectivity index (χ0v) is 11.2. The standard InChI is InChI=1S/C13H17NO6/c1-18-5-2-6-19-7-8-20-12-3-4-13(14(16)17)11(9-12)10-15/h3-4,9-10H,2,5-8H2,1H3. The van der Waals surface area contributed by atoms with Crippen molar-refractivity contribution in [2.24, 2.45) is 0 Å². The van der Waals surface area contributed by atoms with Crippen LogP contribution in [-0.4, -0.2) is 44.7 Å². The van der Waals surface area contributed by atoms with Crippen molar-refractivity contribution in [2.45, 2.75) is 6.42 Å². The first-order valence-corrected chi connectivity index (χ1v) is 6.12. The van der Waals surface area contributed by atoms with E-state index in [4.69, 9.17) is 14.2 Å². The van der Waals surface area contributed by atoms with Crippen molar-refractivity contribution in [3.8, 4) is 5.75 Å². The number of carbonyl (C=O) groups is 1. The van der Waals surface area contributed by atoms with Gasteiger partial charge in [0.1, 0.15) is 12.4 Å². The molecule has 1 aromatic rings. The van der Waals surface area contributed by atoms with E-state index < -0.39 is 4.92 Å². The first-order valence-electron chi connectivity index (χ1n) is 6.12. The predicted octanol–water partition coefficient (Wildman–Crippen LogP) is 1.84. The summed E-state index contributed by atoms with van der Waals surface area (Å²) < 4.78 is 15.5. The molecule has 0 bridgehead atoms. The Balaban J connectivity index is 2.37. The topological polar surface area (TPSA) is 87.9 Å². The molecule has 20 heavy (non-hydrogen) atoms. The van der Waals surface area contributed by atoms with E-state index in [1.165, 1.54) is 18.2 Å². The molecule has 0 saturated heterocycles. The quantitative estimate of drug-likeness (QED) is 0.282. The van der Waals surface area contributed by atoms with E-state index in [1.54, 1.807) is 7.11 Å². The summed E-state index contributed by atoms with van der Waals surface area (Å²) in [6.07, 6.45) is 1.25. The maximum absolute atomic E-state index is 10.8. The van der Waals surface area contributed by atoms with Gasteiger partial charge >= 0.3 is 0 Å². The van der Waals surface area contributed by atoms with E-state index >= 15 is 0 Å². The molecule has 1 rings (SSSR count). The monoisotopic (exact) mass is 283 g/mol. The molecule has 0 unspecified atom stereocenters. The van der Waals surface area contributed by atoms with Crippen molar-refractivity contribution in [1.29, 1.82) is 0 Å². The summed E-state index contributed by atoms with van der Waals surface area (Å²) in [6.45, 7) is 1.93. The molecule has 0 aliphatic rings. The Bertz CT molecular complexity index is 448. The zero-order chi connectivity index (χ0) is 14.8. The zero-order valence-electron chi connectivity index (χ0n) is 11.2. The van der Waals surface area contributed by atoms with E-state index in [0.29, 0.717) is 38.5 Å². The van der Waals surface area contributed by atoms with Crippen molar-refractivity contribution >= 4 is 12.0 Å². The number of methoxy groups -OCH3 is 1. The molecule has 0 aromatic heterocycles. The van der Waals surface area contributed by atoms with E-state index in [9.17, 15) is 14.9 Å². The van der Waals surface area contributed by atoms with Gasteiger partial charge in [-0.15, -0.1) is 0 Å². The molecule has 0 radical (unpaired) electrons. The normalized spacial score (nSPS) is 10.2. The minimum absolute atomic E-state index is 0.00601. The van der Waals surface area contributed by atoms with Crippen LogP contribution in [0.4, 0.5) is 5.69 Å². The second-order valence-electron chi connectivity index (χ2n) is 3.90. The summed E-state index contributed by atoms with van der Waals surface area (Å²) in [7, 11) is 1.63. The number of aldehydes is 1. The Morgan fingerprint density at radius 1 is 1.25 bits per heavy atom. The highest BCUT2D eigenvalue weighted by atomic mass is 16.6. The highest BCUT2D eigenvalue weighted by Crippen LogP contribution is 2.22. The van der Waals surface area contributed by atoms with Crippen molar-refractivity contribution < 1.29 is 23.9 Å². The van der Waals surface area contributed by atoms with Crippen LogP contribution in [0.3, 0.4) is 0 Å². The Labute approximate surface area is 116 Å². The van der Waals surface area contributed by atoms with Crippen LogP contribution in [0.2, 0.25) is 0 Å². The third-order valence-electron chi connectivity index (χ3n) is 2.46. The van der Waals surface area contributed by atoms with Gasteiger partial charge in [0.15, 0.2) is 6.29 Å². The number of carbonyl (C=O) groups excluding carboxylic acids is 1. The smallest absolute Gasteiger partial charge is 0.280 e. The van der Waals surface area contributed by atoms with Crippen LogP contribution in [0.1, 0.15) is 16.8 Å². The maximum atomic E-state index is 10.8. The van der Waals surface area contributed by atoms with Crippen molar-refractivity contribution in [3.63, 3.8) is 0 Å². The molecule has 110 valence electrons. The van der Waals surface area contributed by atoms with Gasteiger partial charge in [-0.1, -0.05) is 0 Å². The van der Waals surface area contributed by atoms with Crippen LogP contribution in [0.5, 0.6) is 5.75 Å². The predicted molar refractivity (Wildman–Crippen MR) is 71.3 cm³/mol. The fourth-order valence-corrected chi connectivity index (χ4v) is 1.51. The van der Waals surface area contributed by atoms with Crippen LogP contribution in [0.15, 0.2) is 18.2 Å². The number of hydrogen-bond acceptors (Lipinski definition) is 6. The minimum Gasteiger partial charge on any atom is -0.491 e. The molecule has 0 saturated carbocycles. The van der Waals surface area contributed by atoms with Crippen molar-refractivity contribution in [2.75, 3.05) is 33.5 Å². The molecule has 0 aliphatic carbocycles. The molecule has 7 heteroatoms. The van der Waals surface area contributed by atoms with Crippen LogP contribution >= 0.6 is 0 Å². The number of nitrogens with zero attached hydrogens (tertiary/aromatic N) is 1. The lowest BCUT2D eigenvalue weighted by Crippen LogP contribution is -2.08. The van der Waals surface area contributed by atoms with Crippen molar-refractivity contribution in [1.82, 2.24) is 0 Å². The van der Waals surface area contributed by atoms with Gasteiger partial charge in [-0.05, 0) is 18.6 Å². The van der Waals surface area contributed by atoms with Gasteiger partial charge in [-0.2, -0.15) is 0 Å². The summed E-state index contributed by atoms with van der Waals surface area (Å²) in [5.74, 6) is 0.401. The second kappa shape index (κ2) is 9.00. The average Bonchev–Trinajstić information content (AvgIpc) is 2.45. The van der Waals surface area contributed by atoms with E-state index in [0.717, 1.165) is 6.42 Å². The van der Waals surface area contributed by atoms with Gasteiger partial charge in [0.25, 0.3) is 5.69 Å². The Morgan fingerprint density at radius 3 is 2.70 bits per heavy atom. The molecular formula is C13H17NO6. The van der Waals surface area contributed by atoms with Gasteiger partial charge in [0, 0.05) is 26.4 Å². The summed E-state index contributed by atoms with van der Waals surface area (Å²) in [5, 5.41) is 10.7. The number of ether oxygens (including phenoxy) is 3. The maximum Gasteiger partial charge on any atom is 0.280 e. The van der Waals surface area contributed by atoms with Gasteiger partial charge in [0.05, 0.1) is 17.1 Å². The fraction of sp³-hybridized carbons (Fsp3) is 0.462. The number of benzene rings is 1. The summed E-state index contributed by atoms with van der Waals surface area (Å²) in [6, 6.07) is 4.05. The van der Waals surface area contributed by atoms with Gasteiger partial charge < -0.3 is 14.2 Å². The first kappa shape index (κ1) is 16.1. The van der Waals surface area contributed by atoms with Gasteiger partial charge in [-0.25, -0.2) is 0 Å². The third kappa shape index (κ3) is 5.33. The highest BCUT2D eigenvalue weighted by Gasteiger charge is 2.13. The summed E-state index contributed by atoms with van der Waals surface area (Å²) >= 11 is 0. The molecule has 0 fully saturated rings. The number of nitro groups is 1. The first-order chi connectivity index (χ1) is 9.69. The summed E-state index contributed by atoms with van der Waals surface area (Å²) in [4.78, 5) is 20.8. The average molecular weight is 283 g/mol. The number of hydrogen-bond donors (Lipinski definition) is 0. The molecule has 1 aromatic carbocycles. The van der Waals surface area contributed by atoms with E-state index in [-0.39, 0.29) is 11.3 Å². The molecule has 0 atom stereocenters. The van der Waals surface area contributed by atoms with Crippen LogP contribution < -0.4 is 4.74 Å². The van der Waals surface area contributed by atoms with Crippen LogP contribution in [0.25, 0.3) is 0 Å². The summed E-state index contributed by atoms with van der Waals surface area (Å²) in [5.41, 5.74) is -0.239. The minimum atomic E-state index is -0.605. The number of rotatable bonds is 10. The highest BCUT2D eigenvalue weighted by molar-refractivity contribution is 5.82. The molecule has 0 aliphatic heterocycles. The molecule has 0 amide bonds. The Hall–Kier alpha value is -1.99. The van der Waals surface area contributed by atoms with Crippen molar-refractivity contribution in [3.05, 3.63) is 33.9 Å². The SMILES string of the molecule is COCCCOCCOc1ccc([N+](=O)[O-])c(C=O)c1.